The van der Waals surface area contributed by atoms with Gasteiger partial charge in [-0.3, -0.25) is 0 Å². The van der Waals surface area contributed by atoms with Crippen molar-refractivity contribution in [3.63, 3.8) is 0 Å². The summed E-state index contributed by atoms with van der Waals surface area (Å²) in [6.45, 7) is 9.11. The second-order valence-electron chi connectivity index (χ2n) is 6.41. The molecule has 0 aliphatic carbocycles. The number of unbranched alkanes of at least 4 members (excludes halogenated alkanes) is 10. The first-order valence-corrected chi connectivity index (χ1v) is 9.78. The molecule has 0 rings (SSSR count). The first kappa shape index (κ1) is 22.6. The topological polar surface area (TPSA) is 0 Å². The van der Waals surface area contributed by atoms with Gasteiger partial charge in [-0.15, -0.1) is 11.6 Å². The van der Waals surface area contributed by atoms with Crippen LogP contribution in [0.5, 0.6) is 0 Å². The fourth-order valence-corrected chi connectivity index (χ4v) is 2.40. The van der Waals surface area contributed by atoms with Crippen molar-refractivity contribution in [1.82, 2.24) is 0 Å². The molecule has 0 saturated heterocycles. The lowest BCUT2D eigenvalue weighted by atomic mass is 10.0. The van der Waals surface area contributed by atoms with E-state index in [-0.39, 0.29) is 0 Å². The Bertz CT molecular complexity index is 139. The molecule has 1 heteroatoms. The van der Waals surface area contributed by atoms with Gasteiger partial charge in [0.25, 0.3) is 0 Å². The van der Waals surface area contributed by atoms with Gasteiger partial charge >= 0.3 is 0 Å². The monoisotopic (exact) mass is 304 g/mol. The van der Waals surface area contributed by atoms with Gasteiger partial charge in [-0.2, -0.15) is 0 Å². The minimum absolute atomic E-state index is 0.827. The minimum atomic E-state index is 0.827. The molecule has 0 amide bonds. The molecule has 0 atom stereocenters. The Kier molecular flexibility index (Phi) is 24.4. The summed E-state index contributed by atoms with van der Waals surface area (Å²) in [5.41, 5.74) is 0. The standard InChI is InChI=1S/C14H30.C5H11Cl/c1-4-5-6-7-8-9-10-11-12-13-14(2)3;1-2-3-4-5-6/h14H,4-13H2,1-3H3;2-5H2,1H3. The Labute approximate surface area is 135 Å². The molecule has 0 spiro atoms. The summed E-state index contributed by atoms with van der Waals surface area (Å²) in [6.07, 6.45) is 18.2. The highest BCUT2D eigenvalue weighted by Crippen LogP contribution is 2.12. The van der Waals surface area contributed by atoms with E-state index in [1.54, 1.807) is 0 Å². The van der Waals surface area contributed by atoms with Gasteiger partial charge in [-0.05, 0) is 12.3 Å². The maximum absolute atomic E-state index is 5.38. The van der Waals surface area contributed by atoms with Crippen molar-refractivity contribution in [2.24, 2.45) is 5.92 Å². The van der Waals surface area contributed by atoms with Crippen LogP contribution in [-0.2, 0) is 0 Å². The SMILES string of the molecule is CCCCCCCCCCCC(C)C.CCCCCCl. The Balaban J connectivity index is 0. The van der Waals surface area contributed by atoms with Crippen molar-refractivity contribution in [3.8, 4) is 0 Å². The van der Waals surface area contributed by atoms with Gasteiger partial charge in [0.2, 0.25) is 0 Å². The van der Waals surface area contributed by atoms with Crippen molar-refractivity contribution >= 4 is 11.6 Å². The molecule has 20 heavy (non-hydrogen) atoms. The van der Waals surface area contributed by atoms with E-state index in [1.165, 1.54) is 83.5 Å². The van der Waals surface area contributed by atoms with Crippen molar-refractivity contribution in [3.05, 3.63) is 0 Å². The zero-order valence-corrected chi connectivity index (χ0v) is 15.6. The average molecular weight is 305 g/mol. The molecule has 0 aromatic carbocycles. The summed E-state index contributed by atoms with van der Waals surface area (Å²) in [5.74, 6) is 1.73. The highest BCUT2D eigenvalue weighted by molar-refractivity contribution is 6.17. The quantitative estimate of drug-likeness (QED) is 0.239. The lowest BCUT2D eigenvalue weighted by Crippen LogP contribution is -1.87. The van der Waals surface area contributed by atoms with E-state index in [2.05, 4.69) is 27.7 Å². The van der Waals surface area contributed by atoms with E-state index in [1.807, 2.05) is 0 Å². The Morgan fingerprint density at radius 1 is 0.600 bits per heavy atom. The third kappa shape index (κ3) is 26.8. The average Bonchev–Trinajstić information content (AvgIpc) is 2.43. The largest absolute Gasteiger partial charge is 0.127 e. The summed E-state index contributed by atoms with van der Waals surface area (Å²) in [7, 11) is 0. The third-order valence-electron chi connectivity index (χ3n) is 3.62. The molecule has 0 N–H and O–H groups in total. The molecule has 0 radical (unpaired) electrons. The molecule has 0 aromatic rings. The van der Waals surface area contributed by atoms with Crippen LogP contribution in [-0.4, -0.2) is 5.88 Å². The van der Waals surface area contributed by atoms with Crippen LogP contribution in [0.4, 0.5) is 0 Å². The summed E-state index contributed by atoms with van der Waals surface area (Å²) < 4.78 is 0. The summed E-state index contributed by atoms with van der Waals surface area (Å²) in [5, 5.41) is 0. The number of alkyl halides is 1. The van der Waals surface area contributed by atoms with Crippen LogP contribution in [0, 0.1) is 5.92 Å². The highest BCUT2D eigenvalue weighted by atomic mass is 35.5. The van der Waals surface area contributed by atoms with Crippen LogP contribution in [0.1, 0.15) is 111 Å². The zero-order valence-electron chi connectivity index (χ0n) is 14.9. The van der Waals surface area contributed by atoms with Gasteiger partial charge in [0.05, 0.1) is 0 Å². The first-order chi connectivity index (χ1) is 9.68. The van der Waals surface area contributed by atoms with Crippen LogP contribution in [0.3, 0.4) is 0 Å². The fraction of sp³-hybridized carbons (Fsp3) is 1.00. The molecule has 0 saturated carbocycles. The highest BCUT2D eigenvalue weighted by Gasteiger charge is 1.94. The van der Waals surface area contributed by atoms with E-state index in [0.717, 1.165) is 11.8 Å². The lowest BCUT2D eigenvalue weighted by Gasteiger charge is -2.04. The van der Waals surface area contributed by atoms with Crippen LogP contribution in [0.2, 0.25) is 0 Å². The van der Waals surface area contributed by atoms with Crippen LogP contribution in [0.15, 0.2) is 0 Å². The normalized spacial score (nSPS) is 10.5. The number of halogens is 1. The maximum Gasteiger partial charge on any atom is 0.0223 e. The summed E-state index contributed by atoms with van der Waals surface area (Å²) in [4.78, 5) is 0. The number of hydrogen-bond donors (Lipinski definition) is 0. The van der Waals surface area contributed by atoms with Crippen molar-refractivity contribution in [2.45, 2.75) is 111 Å². The van der Waals surface area contributed by atoms with Gasteiger partial charge in [0.15, 0.2) is 0 Å². The Morgan fingerprint density at radius 3 is 1.35 bits per heavy atom. The van der Waals surface area contributed by atoms with Crippen molar-refractivity contribution in [1.29, 1.82) is 0 Å². The van der Waals surface area contributed by atoms with E-state index >= 15 is 0 Å². The fourth-order valence-electron chi connectivity index (χ4n) is 2.21. The Hall–Kier alpha value is 0.290. The molecule has 124 valence electrons. The van der Waals surface area contributed by atoms with Crippen LogP contribution < -0.4 is 0 Å². The van der Waals surface area contributed by atoms with E-state index in [4.69, 9.17) is 11.6 Å². The van der Waals surface area contributed by atoms with Gasteiger partial charge in [0, 0.05) is 5.88 Å². The lowest BCUT2D eigenvalue weighted by molar-refractivity contribution is 0.507. The van der Waals surface area contributed by atoms with E-state index < -0.39 is 0 Å². The molecule has 0 aliphatic heterocycles. The molecule has 0 aromatic heterocycles. The predicted molar refractivity (Wildman–Crippen MR) is 96.9 cm³/mol. The van der Waals surface area contributed by atoms with Gasteiger partial charge < -0.3 is 0 Å². The van der Waals surface area contributed by atoms with Gasteiger partial charge in [-0.25, -0.2) is 0 Å². The first-order valence-electron chi connectivity index (χ1n) is 9.24. The Morgan fingerprint density at radius 2 is 1.00 bits per heavy atom. The molecule has 0 nitrogen and oxygen atoms in total. The van der Waals surface area contributed by atoms with Crippen molar-refractivity contribution < 1.29 is 0 Å². The number of rotatable bonds is 13. The predicted octanol–water partition coefficient (Wildman–Crippen LogP) is 7.98. The molecular formula is C19H41Cl. The van der Waals surface area contributed by atoms with Gasteiger partial charge in [0.1, 0.15) is 0 Å². The molecular weight excluding hydrogens is 264 g/mol. The van der Waals surface area contributed by atoms with Crippen LogP contribution in [0.25, 0.3) is 0 Å². The molecule has 0 bridgehead atoms. The maximum atomic E-state index is 5.38. The van der Waals surface area contributed by atoms with E-state index in [9.17, 15) is 0 Å². The minimum Gasteiger partial charge on any atom is -0.127 e. The molecule has 0 heterocycles. The van der Waals surface area contributed by atoms with Crippen LogP contribution >= 0.6 is 11.6 Å². The van der Waals surface area contributed by atoms with E-state index in [0.29, 0.717) is 0 Å². The summed E-state index contributed by atoms with van der Waals surface area (Å²) in [6, 6.07) is 0. The zero-order chi connectivity index (χ0) is 15.5. The third-order valence-corrected chi connectivity index (χ3v) is 3.89. The molecule has 0 fully saturated rings. The molecule has 0 aliphatic rings. The number of hydrogen-bond acceptors (Lipinski definition) is 0. The van der Waals surface area contributed by atoms with Crippen molar-refractivity contribution in [2.75, 3.05) is 5.88 Å². The smallest absolute Gasteiger partial charge is 0.0223 e. The summed E-state index contributed by atoms with van der Waals surface area (Å²) >= 11 is 5.38. The molecule has 0 unspecified atom stereocenters. The second-order valence-corrected chi connectivity index (χ2v) is 6.79. The van der Waals surface area contributed by atoms with Gasteiger partial charge in [-0.1, -0.05) is 105 Å². The second kappa shape index (κ2) is 21.6.